The summed E-state index contributed by atoms with van der Waals surface area (Å²) in [5, 5.41) is 12.5. The third-order valence-electron chi connectivity index (χ3n) is 4.74. The fraction of sp³-hybridized carbons (Fsp3) is 0.938. The number of hydrogen-bond acceptors (Lipinski definition) is 3. The van der Waals surface area contributed by atoms with Gasteiger partial charge in [-0.2, -0.15) is 0 Å². The van der Waals surface area contributed by atoms with Crippen LogP contribution in [0, 0.1) is 11.8 Å². The fourth-order valence-electron chi connectivity index (χ4n) is 2.75. The zero-order valence-corrected chi connectivity index (χ0v) is 13.4. The van der Waals surface area contributed by atoms with E-state index in [4.69, 9.17) is 4.74 Å². The van der Waals surface area contributed by atoms with Gasteiger partial charge in [-0.25, -0.2) is 0 Å². The first-order valence-corrected chi connectivity index (χ1v) is 7.99. The van der Waals surface area contributed by atoms with E-state index in [1.54, 1.807) is 6.92 Å². The van der Waals surface area contributed by atoms with Crippen LogP contribution in [0.15, 0.2) is 0 Å². The van der Waals surface area contributed by atoms with E-state index in [2.05, 4.69) is 19.2 Å². The molecule has 0 spiro atoms. The van der Waals surface area contributed by atoms with Gasteiger partial charge in [0.05, 0.1) is 6.10 Å². The Bertz CT molecular complexity index is 308. The van der Waals surface area contributed by atoms with Gasteiger partial charge < -0.3 is 15.2 Å². The molecule has 4 unspecified atom stereocenters. The zero-order chi connectivity index (χ0) is 15.2. The topological polar surface area (TPSA) is 58.6 Å². The van der Waals surface area contributed by atoms with E-state index in [1.165, 1.54) is 6.42 Å². The highest BCUT2D eigenvalue weighted by Gasteiger charge is 2.32. The quantitative estimate of drug-likeness (QED) is 0.719. The minimum Gasteiger partial charge on any atom is -0.480 e. The van der Waals surface area contributed by atoms with Crippen molar-refractivity contribution in [2.75, 3.05) is 13.2 Å². The highest BCUT2D eigenvalue weighted by Crippen LogP contribution is 2.31. The van der Waals surface area contributed by atoms with Crippen LogP contribution < -0.4 is 5.32 Å². The summed E-state index contributed by atoms with van der Waals surface area (Å²) < 4.78 is 5.92. The third-order valence-corrected chi connectivity index (χ3v) is 4.74. The number of aliphatic carboxylic acids is 1. The van der Waals surface area contributed by atoms with Crippen molar-refractivity contribution in [2.24, 2.45) is 11.8 Å². The molecule has 0 heterocycles. The smallest absolute Gasteiger partial charge is 0.323 e. The minimum absolute atomic E-state index is 0.311. The maximum atomic E-state index is 11.4. The van der Waals surface area contributed by atoms with Gasteiger partial charge >= 0.3 is 5.97 Å². The molecule has 0 aromatic heterocycles. The standard InChI is InChI=1S/C16H31NO3/c1-5-9-17-16(4,15(18)19)8-10-20-14-7-6-12(2)13(3)11-14/h12-14,17H,5-11H2,1-4H3,(H,18,19). The van der Waals surface area contributed by atoms with Crippen LogP contribution in [0.25, 0.3) is 0 Å². The molecular formula is C16H31NO3. The number of carboxylic acid groups (broad SMARTS) is 1. The van der Waals surface area contributed by atoms with Gasteiger partial charge in [-0.15, -0.1) is 0 Å². The summed E-state index contributed by atoms with van der Waals surface area (Å²) in [4.78, 5) is 11.4. The molecule has 0 aromatic rings. The lowest BCUT2D eigenvalue weighted by molar-refractivity contribution is -0.145. The molecule has 1 rings (SSSR count). The largest absolute Gasteiger partial charge is 0.480 e. The summed E-state index contributed by atoms with van der Waals surface area (Å²) in [7, 11) is 0. The molecule has 0 aromatic carbocycles. The van der Waals surface area contributed by atoms with Crippen molar-refractivity contribution in [2.45, 2.75) is 71.4 Å². The molecule has 118 valence electrons. The molecule has 2 N–H and O–H groups in total. The van der Waals surface area contributed by atoms with Crippen LogP contribution in [0.3, 0.4) is 0 Å². The summed E-state index contributed by atoms with van der Waals surface area (Å²) in [6, 6.07) is 0. The van der Waals surface area contributed by atoms with Crippen molar-refractivity contribution in [3.8, 4) is 0 Å². The van der Waals surface area contributed by atoms with Gasteiger partial charge in [0.1, 0.15) is 5.54 Å². The summed E-state index contributed by atoms with van der Waals surface area (Å²) >= 11 is 0. The number of hydrogen-bond donors (Lipinski definition) is 2. The van der Waals surface area contributed by atoms with Gasteiger partial charge in [0.15, 0.2) is 0 Å². The summed E-state index contributed by atoms with van der Waals surface area (Å²) in [6.45, 7) is 9.61. The van der Waals surface area contributed by atoms with Crippen LogP contribution in [0.4, 0.5) is 0 Å². The second kappa shape index (κ2) is 7.99. The Morgan fingerprint density at radius 2 is 2.05 bits per heavy atom. The Kier molecular flexibility index (Phi) is 6.96. The molecule has 0 bridgehead atoms. The average molecular weight is 285 g/mol. The van der Waals surface area contributed by atoms with E-state index in [1.807, 2.05) is 6.92 Å². The molecule has 4 atom stereocenters. The van der Waals surface area contributed by atoms with E-state index in [0.29, 0.717) is 25.0 Å². The normalized spacial score (nSPS) is 29.9. The van der Waals surface area contributed by atoms with Gasteiger partial charge in [0.2, 0.25) is 0 Å². The lowest BCUT2D eigenvalue weighted by Gasteiger charge is -2.33. The molecule has 4 nitrogen and oxygen atoms in total. The molecular weight excluding hydrogens is 254 g/mol. The summed E-state index contributed by atoms with van der Waals surface area (Å²) in [5.41, 5.74) is -0.871. The predicted molar refractivity (Wildman–Crippen MR) is 80.9 cm³/mol. The minimum atomic E-state index is -0.871. The Labute approximate surface area is 123 Å². The zero-order valence-electron chi connectivity index (χ0n) is 13.4. The van der Waals surface area contributed by atoms with Gasteiger partial charge in [-0.1, -0.05) is 20.8 Å². The molecule has 0 amide bonds. The highest BCUT2D eigenvalue weighted by atomic mass is 16.5. The van der Waals surface area contributed by atoms with Crippen molar-refractivity contribution in [3.05, 3.63) is 0 Å². The molecule has 20 heavy (non-hydrogen) atoms. The van der Waals surface area contributed by atoms with E-state index in [-0.39, 0.29) is 0 Å². The number of carbonyl (C=O) groups is 1. The van der Waals surface area contributed by atoms with Gasteiger partial charge in [0, 0.05) is 6.61 Å². The maximum Gasteiger partial charge on any atom is 0.323 e. The number of nitrogens with one attached hydrogen (secondary N) is 1. The van der Waals surface area contributed by atoms with Crippen LogP contribution in [-0.2, 0) is 9.53 Å². The van der Waals surface area contributed by atoms with Crippen molar-refractivity contribution in [1.82, 2.24) is 5.32 Å². The van der Waals surface area contributed by atoms with Crippen molar-refractivity contribution < 1.29 is 14.6 Å². The van der Waals surface area contributed by atoms with Crippen LogP contribution in [0.2, 0.25) is 0 Å². The van der Waals surface area contributed by atoms with Gasteiger partial charge in [-0.05, 0) is 57.4 Å². The van der Waals surface area contributed by atoms with Gasteiger partial charge in [0.25, 0.3) is 0 Å². The molecule has 0 aliphatic heterocycles. The number of ether oxygens (including phenoxy) is 1. The molecule has 4 heteroatoms. The van der Waals surface area contributed by atoms with Crippen LogP contribution in [0.1, 0.15) is 59.8 Å². The monoisotopic (exact) mass is 285 g/mol. The molecule has 1 aliphatic carbocycles. The van der Waals surface area contributed by atoms with Crippen LogP contribution in [-0.4, -0.2) is 35.9 Å². The number of carboxylic acids is 1. The number of rotatable bonds is 8. The van der Waals surface area contributed by atoms with Gasteiger partial charge in [-0.3, -0.25) is 4.79 Å². The summed E-state index contributed by atoms with van der Waals surface area (Å²) in [6.07, 6.45) is 5.19. The van der Waals surface area contributed by atoms with Crippen LogP contribution >= 0.6 is 0 Å². The Balaban J connectivity index is 2.35. The molecule has 0 saturated heterocycles. The SMILES string of the molecule is CCCNC(C)(CCOC1CCC(C)C(C)C1)C(=O)O. The van der Waals surface area contributed by atoms with E-state index in [9.17, 15) is 9.90 Å². The first-order chi connectivity index (χ1) is 9.39. The van der Waals surface area contributed by atoms with E-state index >= 15 is 0 Å². The Morgan fingerprint density at radius 1 is 1.35 bits per heavy atom. The molecule has 1 aliphatic rings. The first kappa shape index (κ1) is 17.4. The van der Waals surface area contributed by atoms with E-state index < -0.39 is 11.5 Å². The van der Waals surface area contributed by atoms with Crippen LogP contribution in [0.5, 0.6) is 0 Å². The summed E-state index contributed by atoms with van der Waals surface area (Å²) in [5.74, 6) is 0.698. The second-order valence-electron chi connectivity index (χ2n) is 6.57. The third kappa shape index (κ3) is 5.06. The Hall–Kier alpha value is -0.610. The lowest BCUT2D eigenvalue weighted by atomic mass is 9.80. The fourth-order valence-corrected chi connectivity index (χ4v) is 2.75. The van der Waals surface area contributed by atoms with Crippen molar-refractivity contribution in [3.63, 3.8) is 0 Å². The van der Waals surface area contributed by atoms with Crippen molar-refractivity contribution >= 4 is 5.97 Å². The maximum absolute atomic E-state index is 11.4. The van der Waals surface area contributed by atoms with E-state index in [0.717, 1.165) is 31.7 Å². The molecule has 1 saturated carbocycles. The Morgan fingerprint density at radius 3 is 2.60 bits per heavy atom. The highest BCUT2D eigenvalue weighted by molar-refractivity contribution is 5.78. The first-order valence-electron chi connectivity index (χ1n) is 7.99. The lowest BCUT2D eigenvalue weighted by Crippen LogP contribution is -2.50. The van der Waals surface area contributed by atoms with Crippen molar-refractivity contribution in [1.29, 1.82) is 0 Å². The second-order valence-corrected chi connectivity index (χ2v) is 6.57. The average Bonchev–Trinajstić information content (AvgIpc) is 2.40. The predicted octanol–water partition coefficient (Wildman–Crippen LogP) is 3.06. The molecule has 0 radical (unpaired) electrons. The molecule has 1 fully saturated rings.